The molecule has 1 aliphatic rings. The van der Waals surface area contributed by atoms with Crippen molar-refractivity contribution in [3.8, 4) is 11.4 Å². The Bertz CT molecular complexity index is 714. The molecule has 2 aromatic heterocycles. The molecule has 128 valence electrons. The highest BCUT2D eigenvalue weighted by Crippen LogP contribution is 2.25. The minimum absolute atomic E-state index is 0.239. The maximum atomic E-state index is 12.4. The van der Waals surface area contributed by atoms with E-state index in [1.165, 1.54) is 0 Å². The smallest absolute Gasteiger partial charge is 0.227 e. The molecule has 1 atom stereocenters. The van der Waals surface area contributed by atoms with E-state index in [0.29, 0.717) is 5.92 Å². The molecule has 3 rings (SSSR count). The summed E-state index contributed by atoms with van der Waals surface area (Å²) in [5.74, 6) is 0.704. The minimum atomic E-state index is -0.306. The molecule has 6 heteroatoms. The molecular formula is C18H25N5O. The fourth-order valence-corrected chi connectivity index (χ4v) is 3.17. The Labute approximate surface area is 142 Å². The predicted molar refractivity (Wildman–Crippen MR) is 92.1 cm³/mol. The zero-order valence-corrected chi connectivity index (χ0v) is 14.9. The van der Waals surface area contributed by atoms with Gasteiger partial charge in [-0.3, -0.25) is 19.4 Å². The highest BCUT2D eigenvalue weighted by molar-refractivity contribution is 5.81. The van der Waals surface area contributed by atoms with Crippen molar-refractivity contribution in [3.05, 3.63) is 30.4 Å². The number of amides is 1. The first-order valence-electron chi connectivity index (χ1n) is 8.43. The van der Waals surface area contributed by atoms with Crippen LogP contribution in [0, 0.1) is 11.3 Å². The second-order valence-corrected chi connectivity index (χ2v) is 7.59. The molecule has 2 aromatic rings. The number of aryl methyl sites for hydroxylation is 1. The van der Waals surface area contributed by atoms with Crippen LogP contribution < -0.4 is 0 Å². The Hall–Kier alpha value is -2.24. The molecule has 6 nitrogen and oxygen atoms in total. The van der Waals surface area contributed by atoms with Crippen molar-refractivity contribution in [2.45, 2.75) is 33.6 Å². The summed E-state index contributed by atoms with van der Waals surface area (Å²) in [7, 11) is 1.89. The third kappa shape index (κ3) is 3.47. The summed E-state index contributed by atoms with van der Waals surface area (Å²) in [5.41, 5.74) is 2.46. The van der Waals surface area contributed by atoms with Gasteiger partial charge in [-0.15, -0.1) is 0 Å². The second kappa shape index (κ2) is 6.34. The first-order valence-corrected chi connectivity index (χ1v) is 8.43. The number of hydrogen-bond acceptors (Lipinski definition) is 4. The van der Waals surface area contributed by atoms with E-state index in [-0.39, 0.29) is 11.3 Å². The Morgan fingerprint density at radius 1 is 1.29 bits per heavy atom. The van der Waals surface area contributed by atoms with Gasteiger partial charge in [-0.25, -0.2) is 0 Å². The van der Waals surface area contributed by atoms with Crippen LogP contribution in [-0.2, 0) is 18.3 Å². The normalized spacial score (nSPS) is 18.2. The van der Waals surface area contributed by atoms with Gasteiger partial charge in [0.15, 0.2) is 0 Å². The molecule has 1 fully saturated rings. The lowest BCUT2D eigenvalue weighted by Crippen LogP contribution is -2.38. The molecule has 3 heterocycles. The number of carbonyl (C=O) groups excluding carboxylic acids is 1. The van der Waals surface area contributed by atoms with Gasteiger partial charge in [-0.1, -0.05) is 20.8 Å². The van der Waals surface area contributed by atoms with Crippen LogP contribution in [0.4, 0.5) is 0 Å². The van der Waals surface area contributed by atoms with Gasteiger partial charge in [-0.05, 0) is 24.8 Å². The Balaban J connectivity index is 1.61. The fraction of sp³-hybridized carbons (Fsp3) is 0.556. The van der Waals surface area contributed by atoms with E-state index in [9.17, 15) is 4.79 Å². The molecule has 0 N–H and O–H groups in total. The Morgan fingerprint density at radius 3 is 2.67 bits per heavy atom. The lowest BCUT2D eigenvalue weighted by atomic mass is 9.95. The van der Waals surface area contributed by atoms with Crippen molar-refractivity contribution in [3.63, 3.8) is 0 Å². The third-order valence-corrected chi connectivity index (χ3v) is 4.50. The topological polar surface area (TPSA) is 63.9 Å². The maximum absolute atomic E-state index is 12.4. The highest BCUT2D eigenvalue weighted by atomic mass is 16.2. The maximum Gasteiger partial charge on any atom is 0.227 e. The summed E-state index contributed by atoms with van der Waals surface area (Å²) in [6.45, 7) is 7.60. The van der Waals surface area contributed by atoms with Gasteiger partial charge in [-0.2, -0.15) is 5.10 Å². The van der Waals surface area contributed by atoms with Crippen LogP contribution >= 0.6 is 0 Å². The number of nitrogens with zero attached hydrogens (tertiary/aromatic N) is 5. The van der Waals surface area contributed by atoms with Crippen molar-refractivity contribution in [2.24, 2.45) is 18.4 Å². The molecule has 0 spiro atoms. The molecule has 0 bridgehead atoms. The van der Waals surface area contributed by atoms with Crippen LogP contribution in [0.15, 0.2) is 24.7 Å². The molecular weight excluding hydrogens is 302 g/mol. The predicted octanol–water partition coefficient (Wildman–Crippen LogP) is 2.31. The van der Waals surface area contributed by atoms with Crippen LogP contribution in [0.2, 0.25) is 0 Å². The zero-order chi connectivity index (χ0) is 17.3. The molecule has 0 aliphatic carbocycles. The number of likely N-dealkylation sites (tertiary alicyclic amines) is 1. The van der Waals surface area contributed by atoms with E-state index >= 15 is 0 Å². The lowest BCUT2D eigenvalue weighted by molar-refractivity contribution is -0.138. The summed E-state index contributed by atoms with van der Waals surface area (Å²) >= 11 is 0. The quantitative estimate of drug-likeness (QED) is 0.868. The van der Waals surface area contributed by atoms with Gasteiger partial charge in [0.05, 0.1) is 17.6 Å². The summed E-state index contributed by atoms with van der Waals surface area (Å²) in [4.78, 5) is 23.4. The van der Waals surface area contributed by atoms with Crippen molar-refractivity contribution in [2.75, 3.05) is 13.1 Å². The lowest BCUT2D eigenvalue weighted by Gasteiger charge is -2.25. The van der Waals surface area contributed by atoms with Gasteiger partial charge in [0.2, 0.25) is 5.91 Å². The molecule has 1 amide bonds. The SMILES string of the molecule is Cn1nccc1-c1cnc(C[C@H]2CCN(C(=O)C(C)(C)C)C2)cn1. The van der Waals surface area contributed by atoms with Gasteiger partial charge in [0.1, 0.15) is 5.69 Å². The van der Waals surface area contributed by atoms with Gasteiger partial charge in [0, 0.05) is 37.9 Å². The van der Waals surface area contributed by atoms with Crippen LogP contribution in [0.3, 0.4) is 0 Å². The molecule has 1 aliphatic heterocycles. The van der Waals surface area contributed by atoms with Crippen molar-refractivity contribution in [1.82, 2.24) is 24.6 Å². The zero-order valence-electron chi connectivity index (χ0n) is 14.9. The van der Waals surface area contributed by atoms with Crippen LogP contribution in [0.25, 0.3) is 11.4 Å². The average molecular weight is 327 g/mol. The molecule has 0 aromatic carbocycles. The Morgan fingerprint density at radius 2 is 2.08 bits per heavy atom. The van der Waals surface area contributed by atoms with Gasteiger partial charge < -0.3 is 4.90 Å². The first kappa shape index (κ1) is 16.6. The number of hydrogen-bond donors (Lipinski definition) is 0. The van der Waals surface area contributed by atoms with Crippen LogP contribution in [0.1, 0.15) is 32.9 Å². The van der Waals surface area contributed by atoms with E-state index in [4.69, 9.17) is 0 Å². The van der Waals surface area contributed by atoms with Crippen molar-refractivity contribution in [1.29, 1.82) is 0 Å². The first-order chi connectivity index (χ1) is 11.3. The van der Waals surface area contributed by atoms with E-state index in [1.54, 1.807) is 17.1 Å². The van der Waals surface area contributed by atoms with Crippen molar-refractivity contribution < 1.29 is 4.79 Å². The molecule has 24 heavy (non-hydrogen) atoms. The van der Waals surface area contributed by atoms with E-state index < -0.39 is 0 Å². The summed E-state index contributed by atoms with van der Waals surface area (Å²) < 4.78 is 1.79. The van der Waals surface area contributed by atoms with Gasteiger partial charge in [0.25, 0.3) is 0 Å². The molecule has 0 saturated carbocycles. The standard InChI is InChI=1S/C18H25N5O/c1-18(2,3)17(24)23-8-6-13(12-23)9-14-10-20-15(11-19-14)16-5-7-21-22(16)4/h5,7,10-11,13H,6,8-9,12H2,1-4H3/t13-/m1/s1. The summed E-state index contributed by atoms with van der Waals surface area (Å²) in [6, 6.07) is 1.93. The van der Waals surface area contributed by atoms with Crippen LogP contribution in [-0.4, -0.2) is 43.6 Å². The number of carbonyl (C=O) groups is 1. The average Bonchev–Trinajstić information content (AvgIpc) is 3.15. The molecule has 0 unspecified atom stereocenters. The minimum Gasteiger partial charge on any atom is -0.342 e. The van der Waals surface area contributed by atoms with E-state index in [1.807, 2.05) is 45.0 Å². The molecule has 0 radical (unpaired) electrons. The number of rotatable bonds is 3. The monoisotopic (exact) mass is 327 g/mol. The van der Waals surface area contributed by atoms with Gasteiger partial charge >= 0.3 is 0 Å². The largest absolute Gasteiger partial charge is 0.342 e. The summed E-state index contributed by atoms with van der Waals surface area (Å²) in [5, 5.41) is 4.15. The second-order valence-electron chi connectivity index (χ2n) is 7.59. The molecule has 1 saturated heterocycles. The van der Waals surface area contributed by atoms with Crippen molar-refractivity contribution >= 4 is 5.91 Å². The van der Waals surface area contributed by atoms with E-state index in [2.05, 4.69) is 15.1 Å². The third-order valence-electron chi connectivity index (χ3n) is 4.50. The highest BCUT2D eigenvalue weighted by Gasteiger charge is 2.32. The van der Waals surface area contributed by atoms with Crippen LogP contribution in [0.5, 0.6) is 0 Å². The fourth-order valence-electron chi connectivity index (χ4n) is 3.17. The summed E-state index contributed by atoms with van der Waals surface area (Å²) in [6.07, 6.45) is 7.31. The number of aromatic nitrogens is 4. The Kier molecular flexibility index (Phi) is 4.39. The van der Waals surface area contributed by atoms with E-state index in [0.717, 1.165) is 43.0 Å².